The lowest BCUT2D eigenvalue weighted by Crippen LogP contribution is -2.67. The maximum Gasteiger partial charge on any atom is 0.312 e. The number of fused-ring (bicyclic) bond motifs is 1. The Morgan fingerprint density at radius 3 is 1.49 bits per heavy atom. The molecule has 7 unspecified atom stereocenters. The molecule has 0 spiro atoms. The minimum absolute atomic E-state index is 0.00857. The van der Waals surface area contributed by atoms with Crippen molar-refractivity contribution in [1.82, 2.24) is 0 Å². The molecule has 0 amide bonds. The van der Waals surface area contributed by atoms with Crippen molar-refractivity contribution in [1.29, 1.82) is 0 Å². The third-order valence-corrected chi connectivity index (χ3v) is 19.4. The fraction of sp³-hybridized carbons (Fsp3) is 0.909. The fourth-order valence-corrected chi connectivity index (χ4v) is 14.0. The van der Waals surface area contributed by atoms with Gasteiger partial charge in [-0.3, -0.25) is 24.0 Å². The molecule has 0 radical (unpaired) electrons. The first-order valence-corrected chi connectivity index (χ1v) is 26.3. The van der Waals surface area contributed by atoms with Crippen molar-refractivity contribution in [2.24, 2.45) is 68.5 Å². The standard InChI is InChI=1S/C19H32O2.C16H26O4.C14H20O4.C6H12O2/c1-6-17(2,3)16(20)21-18(4,5)19-10-13-7-14(11-19)9-15(8-13)12-19;1-4-13(2,3)12(17)20-16-7-11-5-14(18,9-16)8-15(19,6-11)10-16;1-4-14(2,3)13(16)18-10-7-5-8-9(6-7)12(15)17-11(8)10;1-4-6(2,3)5(7)8/h13-15H,6-12H2,1-5H3;11,18-19H,4-10H2,1-3H3;7-11H,4-6H2,1-3H3;4H2,1-3H3,(H,7,8). The van der Waals surface area contributed by atoms with Gasteiger partial charge in [0, 0.05) is 36.5 Å². The topological polar surface area (TPSA) is 183 Å². The third-order valence-electron chi connectivity index (χ3n) is 19.4. The number of carbonyl (C=O) groups is 5. The van der Waals surface area contributed by atoms with Gasteiger partial charge in [-0.05, 0) is 189 Å². The van der Waals surface area contributed by atoms with E-state index in [0.717, 1.165) is 69.1 Å². The Hall–Kier alpha value is -2.73. The molecule has 0 aromatic rings. The zero-order valence-corrected chi connectivity index (χ0v) is 43.9. The Morgan fingerprint density at radius 2 is 1.06 bits per heavy atom. The van der Waals surface area contributed by atoms with Gasteiger partial charge in [-0.15, -0.1) is 0 Å². The van der Waals surface area contributed by atoms with Gasteiger partial charge in [0.2, 0.25) is 0 Å². The van der Waals surface area contributed by atoms with E-state index in [-0.39, 0.29) is 64.4 Å². The summed E-state index contributed by atoms with van der Waals surface area (Å²) in [5.41, 5.74) is -4.26. The van der Waals surface area contributed by atoms with Crippen LogP contribution in [-0.2, 0) is 42.9 Å². The second-order valence-corrected chi connectivity index (χ2v) is 26.7. The Morgan fingerprint density at radius 1 is 0.597 bits per heavy atom. The van der Waals surface area contributed by atoms with Gasteiger partial charge in [-0.25, -0.2) is 0 Å². The monoisotopic (exact) mass is 943 g/mol. The molecule has 3 N–H and O–H groups in total. The van der Waals surface area contributed by atoms with Gasteiger partial charge in [0.15, 0.2) is 0 Å². The van der Waals surface area contributed by atoms with E-state index in [1.165, 1.54) is 38.5 Å². The molecule has 11 fully saturated rings. The highest BCUT2D eigenvalue weighted by molar-refractivity contribution is 5.79. The average Bonchev–Trinajstić information content (AvgIpc) is 3.85. The van der Waals surface area contributed by atoms with Crippen molar-refractivity contribution < 1.29 is 58.2 Å². The van der Waals surface area contributed by atoms with Gasteiger partial charge in [0.25, 0.3) is 0 Å². The SMILES string of the molecule is CCC(C)(C)C(=O)O.CCC(C)(C)C(=O)OC(C)(C)C12CC3CC(CC(C3)C1)C2.CCC(C)(C)C(=O)OC12CC3CC(O)(CC(O)(C3)C1)C2.CCC(C)(C)C(=O)OC1C2CC3C(=O)OC1C3C2. The second-order valence-electron chi connectivity index (χ2n) is 26.7. The zero-order valence-electron chi connectivity index (χ0n) is 43.9. The summed E-state index contributed by atoms with van der Waals surface area (Å²) in [5, 5.41) is 29.8. The smallest absolute Gasteiger partial charge is 0.312 e. The highest BCUT2D eigenvalue weighted by atomic mass is 16.6. The first-order valence-electron chi connectivity index (χ1n) is 26.3. The Labute approximate surface area is 402 Å². The molecule has 10 bridgehead atoms. The number of ether oxygens (including phenoxy) is 4. The van der Waals surface area contributed by atoms with E-state index in [9.17, 15) is 34.2 Å². The quantitative estimate of drug-likeness (QED) is 0.125. The molecule has 1 saturated heterocycles. The van der Waals surface area contributed by atoms with E-state index in [0.29, 0.717) is 37.5 Å². The van der Waals surface area contributed by atoms with Crippen LogP contribution in [0.4, 0.5) is 0 Å². The van der Waals surface area contributed by atoms with Crippen molar-refractivity contribution >= 4 is 29.8 Å². The number of hydrogen-bond acceptors (Lipinski definition) is 11. The minimum atomic E-state index is -0.842. The summed E-state index contributed by atoms with van der Waals surface area (Å²) in [6.07, 6.45) is 16.3. The number of esters is 4. The first kappa shape index (κ1) is 53.6. The van der Waals surface area contributed by atoms with Gasteiger partial charge in [-0.1, -0.05) is 27.7 Å². The molecule has 12 heteroatoms. The van der Waals surface area contributed by atoms with Crippen molar-refractivity contribution in [3.05, 3.63) is 0 Å². The van der Waals surface area contributed by atoms with Crippen LogP contribution in [0.15, 0.2) is 0 Å². The fourth-order valence-electron chi connectivity index (χ4n) is 14.0. The molecule has 382 valence electrons. The Balaban J connectivity index is 0.000000154. The van der Waals surface area contributed by atoms with Crippen molar-refractivity contribution in [3.8, 4) is 0 Å². The average molecular weight is 943 g/mol. The van der Waals surface area contributed by atoms with E-state index in [2.05, 4.69) is 20.8 Å². The van der Waals surface area contributed by atoms with E-state index in [1.807, 2.05) is 62.3 Å². The molecule has 67 heavy (non-hydrogen) atoms. The highest BCUT2D eigenvalue weighted by Crippen LogP contribution is 2.65. The molecule has 7 atom stereocenters. The van der Waals surface area contributed by atoms with Crippen LogP contribution in [0.2, 0.25) is 0 Å². The van der Waals surface area contributed by atoms with Crippen molar-refractivity contribution in [2.45, 2.75) is 247 Å². The zero-order chi connectivity index (χ0) is 50.1. The van der Waals surface area contributed by atoms with Crippen molar-refractivity contribution in [2.75, 3.05) is 0 Å². The predicted octanol–water partition coefficient (Wildman–Crippen LogP) is 10.5. The van der Waals surface area contributed by atoms with Crippen LogP contribution in [0.3, 0.4) is 0 Å². The number of carboxylic acid groups (broad SMARTS) is 1. The minimum Gasteiger partial charge on any atom is -0.481 e. The number of carbonyl (C=O) groups excluding carboxylic acids is 4. The molecule has 0 aromatic heterocycles. The van der Waals surface area contributed by atoms with Gasteiger partial charge < -0.3 is 34.3 Å². The number of aliphatic hydroxyl groups is 2. The van der Waals surface area contributed by atoms with Gasteiger partial charge in [0.1, 0.15) is 23.4 Å². The normalized spacial score (nSPS) is 38.4. The van der Waals surface area contributed by atoms with E-state index in [4.69, 9.17) is 24.1 Å². The molecule has 11 aliphatic rings. The van der Waals surface area contributed by atoms with Crippen LogP contribution in [0.25, 0.3) is 0 Å². The van der Waals surface area contributed by atoms with Crippen LogP contribution in [0, 0.1) is 68.5 Å². The molecule has 11 rings (SSSR count). The maximum atomic E-state index is 12.6. The molecule has 1 heterocycles. The van der Waals surface area contributed by atoms with Gasteiger partial charge in [0.05, 0.1) is 38.8 Å². The summed E-state index contributed by atoms with van der Waals surface area (Å²) < 4.78 is 23.1. The second kappa shape index (κ2) is 18.5. The molecular formula is C55H90O12. The Kier molecular flexibility index (Phi) is 14.8. The lowest BCUT2D eigenvalue weighted by Gasteiger charge is -2.62. The molecular weight excluding hydrogens is 853 g/mol. The van der Waals surface area contributed by atoms with E-state index < -0.39 is 39.0 Å². The molecule has 10 aliphatic carbocycles. The summed E-state index contributed by atoms with van der Waals surface area (Å²) in [7, 11) is 0. The summed E-state index contributed by atoms with van der Waals surface area (Å²) in [6, 6.07) is 0. The highest BCUT2D eigenvalue weighted by Gasteiger charge is 2.66. The van der Waals surface area contributed by atoms with Crippen LogP contribution >= 0.6 is 0 Å². The third kappa shape index (κ3) is 10.8. The van der Waals surface area contributed by atoms with E-state index >= 15 is 0 Å². The van der Waals surface area contributed by atoms with Gasteiger partial charge >= 0.3 is 29.8 Å². The van der Waals surface area contributed by atoms with Crippen LogP contribution in [-0.4, -0.2) is 79.8 Å². The molecule has 12 nitrogen and oxygen atoms in total. The summed E-state index contributed by atoms with van der Waals surface area (Å²) in [5.74, 6) is 2.49. The Bertz CT molecular complexity index is 1820. The largest absolute Gasteiger partial charge is 0.481 e. The molecule has 1 aliphatic heterocycles. The van der Waals surface area contributed by atoms with Crippen LogP contribution in [0.5, 0.6) is 0 Å². The summed E-state index contributed by atoms with van der Waals surface area (Å²) in [4.78, 5) is 59.0. The number of hydrogen-bond donors (Lipinski definition) is 3. The summed E-state index contributed by atoms with van der Waals surface area (Å²) >= 11 is 0. The number of aliphatic carboxylic acids is 1. The predicted molar refractivity (Wildman–Crippen MR) is 254 cm³/mol. The number of rotatable bonds is 12. The van der Waals surface area contributed by atoms with Crippen LogP contribution < -0.4 is 0 Å². The first-order chi connectivity index (χ1) is 30.7. The van der Waals surface area contributed by atoms with Gasteiger partial charge in [-0.2, -0.15) is 0 Å². The lowest BCUT2D eigenvalue weighted by molar-refractivity contribution is -0.264. The molecule has 0 aromatic carbocycles. The summed E-state index contributed by atoms with van der Waals surface area (Å²) in [6.45, 7) is 27.3. The molecule has 10 saturated carbocycles. The van der Waals surface area contributed by atoms with Crippen molar-refractivity contribution in [3.63, 3.8) is 0 Å². The number of carboxylic acids is 1. The maximum absolute atomic E-state index is 12.6. The lowest BCUT2D eigenvalue weighted by atomic mass is 9.46. The van der Waals surface area contributed by atoms with Crippen LogP contribution in [0.1, 0.15) is 213 Å². The van der Waals surface area contributed by atoms with E-state index in [1.54, 1.807) is 13.8 Å².